The molecular formula is C20H20O6. The number of ketones is 1. The van der Waals surface area contributed by atoms with Crippen LogP contribution in [0, 0.1) is 0 Å². The number of aromatic hydroxyl groups is 1. The van der Waals surface area contributed by atoms with Crippen LogP contribution in [0.1, 0.15) is 22.8 Å². The van der Waals surface area contributed by atoms with Crippen molar-refractivity contribution in [3.05, 3.63) is 59.7 Å². The van der Waals surface area contributed by atoms with Crippen LogP contribution in [0.15, 0.2) is 48.5 Å². The zero-order chi connectivity index (χ0) is 18.9. The number of carbonyl (C=O) groups is 2. The SMILES string of the molecule is CCOC(=O)C=Cc1ccc(OCC(=O)c2ccc(O)c(OC)c2)cc1. The molecule has 0 saturated carbocycles. The van der Waals surface area contributed by atoms with E-state index in [2.05, 4.69) is 0 Å². The van der Waals surface area contributed by atoms with Gasteiger partial charge in [-0.05, 0) is 48.9 Å². The van der Waals surface area contributed by atoms with Crippen molar-refractivity contribution in [3.63, 3.8) is 0 Å². The third-order valence-corrected chi connectivity index (χ3v) is 3.45. The predicted octanol–water partition coefficient (Wildman–Crippen LogP) is 3.24. The Morgan fingerprint density at radius 1 is 1.12 bits per heavy atom. The number of hydrogen-bond donors (Lipinski definition) is 1. The average molecular weight is 356 g/mol. The first-order valence-corrected chi connectivity index (χ1v) is 8.01. The number of methoxy groups -OCH3 is 1. The molecule has 0 aromatic heterocycles. The van der Waals surface area contributed by atoms with Crippen LogP contribution in [-0.4, -0.2) is 37.2 Å². The van der Waals surface area contributed by atoms with Crippen LogP contribution in [-0.2, 0) is 9.53 Å². The fraction of sp³-hybridized carbons (Fsp3) is 0.200. The lowest BCUT2D eigenvalue weighted by Gasteiger charge is -2.08. The van der Waals surface area contributed by atoms with Gasteiger partial charge in [0.2, 0.25) is 0 Å². The number of ether oxygens (including phenoxy) is 3. The van der Waals surface area contributed by atoms with Gasteiger partial charge < -0.3 is 19.3 Å². The van der Waals surface area contributed by atoms with E-state index in [1.807, 2.05) is 0 Å². The van der Waals surface area contributed by atoms with Crippen LogP contribution in [0.3, 0.4) is 0 Å². The molecule has 26 heavy (non-hydrogen) atoms. The highest BCUT2D eigenvalue weighted by molar-refractivity contribution is 5.97. The molecule has 0 atom stereocenters. The Hall–Kier alpha value is -3.28. The lowest BCUT2D eigenvalue weighted by Crippen LogP contribution is -2.11. The monoisotopic (exact) mass is 356 g/mol. The minimum absolute atomic E-state index is 0.0311. The molecule has 0 saturated heterocycles. The topological polar surface area (TPSA) is 82.1 Å². The van der Waals surface area contributed by atoms with Crippen molar-refractivity contribution in [1.29, 1.82) is 0 Å². The fourth-order valence-corrected chi connectivity index (χ4v) is 2.11. The van der Waals surface area contributed by atoms with Gasteiger partial charge in [0.05, 0.1) is 13.7 Å². The van der Waals surface area contributed by atoms with E-state index < -0.39 is 5.97 Å². The maximum Gasteiger partial charge on any atom is 0.330 e. The molecule has 0 aliphatic carbocycles. The van der Waals surface area contributed by atoms with Gasteiger partial charge in [0.15, 0.2) is 23.9 Å². The Kier molecular flexibility index (Phi) is 6.79. The number of Topliss-reactive ketones (excluding diaryl/α,β-unsaturated/α-hetero) is 1. The number of phenolic OH excluding ortho intramolecular Hbond substituents is 1. The number of hydrogen-bond acceptors (Lipinski definition) is 6. The first-order valence-electron chi connectivity index (χ1n) is 8.01. The molecule has 0 heterocycles. The summed E-state index contributed by atoms with van der Waals surface area (Å²) in [7, 11) is 1.41. The maximum atomic E-state index is 12.2. The minimum atomic E-state index is -0.400. The Balaban J connectivity index is 1.93. The van der Waals surface area contributed by atoms with Crippen molar-refractivity contribution in [2.75, 3.05) is 20.3 Å². The largest absolute Gasteiger partial charge is 0.504 e. The minimum Gasteiger partial charge on any atom is -0.504 e. The van der Waals surface area contributed by atoms with E-state index >= 15 is 0 Å². The van der Waals surface area contributed by atoms with E-state index in [0.717, 1.165) is 5.56 Å². The summed E-state index contributed by atoms with van der Waals surface area (Å²) in [6.07, 6.45) is 2.98. The molecule has 2 aromatic carbocycles. The van der Waals surface area contributed by atoms with E-state index in [9.17, 15) is 14.7 Å². The fourth-order valence-electron chi connectivity index (χ4n) is 2.11. The van der Waals surface area contributed by atoms with Gasteiger partial charge in [-0.2, -0.15) is 0 Å². The summed E-state index contributed by atoms with van der Waals surface area (Å²) in [6, 6.07) is 11.3. The van der Waals surface area contributed by atoms with Gasteiger partial charge in [-0.3, -0.25) is 4.79 Å². The standard InChI is InChI=1S/C20H20O6/c1-3-25-20(23)11-6-14-4-8-16(9-5-14)26-13-18(22)15-7-10-17(21)19(12-15)24-2/h4-12,21H,3,13H2,1-2H3. The Morgan fingerprint density at radius 3 is 2.50 bits per heavy atom. The van der Waals surface area contributed by atoms with Crippen molar-refractivity contribution in [2.24, 2.45) is 0 Å². The Morgan fingerprint density at radius 2 is 1.85 bits per heavy atom. The smallest absolute Gasteiger partial charge is 0.330 e. The Labute approximate surface area is 151 Å². The highest BCUT2D eigenvalue weighted by atomic mass is 16.5. The highest BCUT2D eigenvalue weighted by Crippen LogP contribution is 2.26. The Bertz CT molecular complexity index is 792. The third-order valence-electron chi connectivity index (χ3n) is 3.45. The van der Waals surface area contributed by atoms with E-state index in [1.54, 1.807) is 37.3 Å². The molecule has 0 aliphatic rings. The molecule has 0 amide bonds. The lowest BCUT2D eigenvalue weighted by molar-refractivity contribution is -0.137. The van der Waals surface area contributed by atoms with E-state index in [-0.39, 0.29) is 23.9 Å². The molecular weight excluding hydrogens is 336 g/mol. The van der Waals surface area contributed by atoms with Crippen LogP contribution in [0.25, 0.3) is 6.08 Å². The predicted molar refractivity (Wildman–Crippen MR) is 96.6 cm³/mol. The summed E-state index contributed by atoms with van der Waals surface area (Å²) in [6.45, 7) is 1.93. The summed E-state index contributed by atoms with van der Waals surface area (Å²) in [5.41, 5.74) is 1.19. The third kappa shape index (κ3) is 5.37. The summed E-state index contributed by atoms with van der Waals surface area (Å²) >= 11 is 0. The molecule has 0 unspecified atom stereocenters. The van der Waals surface area contributed by atoms with Crippen LogP contribution >= 0.6 is 0 Å². The highest BCUT2D eigenvalue weighted by Gasteiger charge is 2.10. The van der Waals surface area contributed by atoms with Crippen LogP contribution in [0.2, 0.25) is 0 Å². The first kappa shape index (κ1) is 19.1. The summed E-state index contributed by atoms with van der Waals surface area (Å²) in [5, 5.41) is 9.56. The number of benzene rings is 2. The molecule has 1 N–H and O–H groups in total. The van der Waals surface area contributed by atoms with E-state index in [0.29, 0.717) is 17.9 Å². The van der Waals surface area contributed by atoms with Gasteiger partial charge in [0.25, 0.3) is 0 Å². The lowest BCUT2D eigenvalue weighted by atomic mass is 10.1. The molecule has 2 aromatic rings. The summed E-state index contributed by atoms with van der Waals surface area (Å²) in [5.74, 6) is 0.0831. The van der Waals surface area contributed by atoms with Crippen LogP contribution in [0.4, 0.5) is 0 Å². The van der Waals surface area contributed by atoms with Gasteiger partial charge in [-0.15, -0.1) is 0 Å². The van der Waals surface area contributed by atoms with Gasteiger partial charge in [0.1, 0.15) is 5.75 Å². The second-order valence-corrected chi connectivity index (χ2v) is 5.25. The molecule has 2 rings (SSSR count). The van der Waals surface area contributed by atoms with Crippen molar-refractivity contribution < 1.29 is 28.9 Å². The van der Waals surface area contributed by atoms with Crippen LogP contribution in [0.5, 0.6) is 17.2 Å². The van der Waals surface area contributed by atoms with E-state index in [4.69, 9.17) is 14.2 Å². The quantitative estimate of drug-likeness (QED) is 0.444. The second-order valence-electron chi connectivity index (χ2n) is 5.25. The second kappa shape index (κ2) is 9.27. The molecule has 0 bridgehead atoms. The number of rotatable bonds is 8. The normalized spacial score (nSPS) is 10.5. The molecule has 0 spiro atoms. The average Bonchev–Trinajstić information content (AvgIpc) is 2.66. The van der Waals surface area contributed by atoms with Crippen LogP contribution < -0.4 is 9.47 Å². The van der Waals surface area contributed by atoms with Gasteiger partial charge in [-0.1, -0.05) is 12.1 Å². The summed E-state index contributed by atoms with van der Waals surface area (Å²) < 4.78 is 15.3. The first-order chi connectivity index (χ1) is 12.5. The molecule has 136 valence electrons. The van der Waals surface area contributed by atoms with Crippen molar-refractivity contribution >= 4 is 17.8 Å². The van der Waals surface area contributed by atoms with Crippen molar-refractivity contribution in [1.82, 2.24) is 0 Å². The molecule has 0 fully saturated rings. The molecule has 0 radical (unpaired) electrons. The number of esters is 1. The summed E-state index contributed by atoms with van der Waals surface area (Å²) in [4.78, 5) is 23.4. The molecule has 6 heteroatoms. The maximum absolute atomic E-state index is 12.2. The van der Waals surface area contributed by atoms with Crippen molar-refractivity contribution in [3.8, 4) is 17.2 Å². The van der Waals surface area contributed by atoms with Crippen molar-refractivity contribution in [2.45, 2.75) is 6.92 Å². The van der Waals surface area contributed by atoms with Gasteiger partial charge >= 0.3 is 5.97 Å². The van der Waals surface area contributed by atoms with Gasteiger partial charge in [0, 0.05) is 11.6 Å². The molecule has 0 aliphatic heterocycles. The number of carbonyl (C=O) groups excluding carboxylic acids is 2. The zero-order valence-electron chi connectivity index (χ0n) is 14.6. The molecule has 6 nitrogen and oxygen atoms in total. The van der Waals surface area contributed by atoms with E-state index in [1.165, 1.54) is 31.4 Å². The zero-order valence-corrected chi connectivity index (χ0v) is 14.6. The number of phenols is 1. The van der Waals surface area contributed by atoms with Gasteiger partial charge in [-0.25, -0.2) is 4.79 Å².